The molecule has 1 N–H and O–H groups in total. The van der Waals surface area contributed by atoms with Crippen LogP contribution in [0.15, 0.2) is 64.4 Å². The van der Waals surface area contributed by atoms with E-state index in [0.29, 0.717) is 50.6 Å². The first-order valence-electron chi connectivity index (χ1n) is 11.0. The smallest absolute Gasteiger partial charge is 0.248 e. The lowest BCUT2D eigenvalue weighted by molar-refractivity contribution is -0.111. The molecule has 0 bridgehead atoms. The first-order chi connectivity index (χ1) is 16.2. The van der Waals surface area contributed by atoms with E-state index < -0.39 is 26.0 Å². The maximum absolute atomic E-state index is 12.7. The lowest BCUT2D eigenvalue weighted by atomic mass is 10.2. The summed E-state index contributed by atoms with van der Waals surface area (Å²) in [5.74, 6) is -0.442. The SMILES string of the molecule is CCN(CC)S(=O)(=O)c1cccc(NC(=O)C=Cc2ccc(S(=O)(=O)N3CCOCC3)cc2)c1. The van der Waals surface area contributed by atoms with Gasteiger partial charge in [-0.05, 0) is 42.0 Å². The number of carbonyl (C=O) groups excluding carboxylic acids is 1. The van der Waals surface area contributed by atoms with E-state index in [2.05, 4.69) is 5.32 Å². The van der Waals surface area contributed by atoms with Crippen LogP contribution in [0.25, 0.3) is 6.08 Å². The van der Waals surface area contributed by atoms with Crippen molar-refractivity contribution in [3.05, 3.63) is 60.2 Å². The Morgan fingerprint density at radius 1 is 1.00 bits per heavy atom. The number of ether oxygens (including phenoxy) is 1. The van der Waals surface area contributed by atoms with Crippen molar-refractivity contribution in [3.8, 4) is 0 Å². The zero-order chi connectivity index (χ0) is 24.8. The van der Waals surface area contributed by atoms with Crippen molar-refractivity contribution in [1.82, 2.24) is 8.61 Å². The van der Waals surface area contributed by atoms with Gasteiger partial charge in [-0.1, -0.05) is 32.0 Å². The summed E-state index contributed by atoms with van der Waals surface area (Å²) in [4.78, 5) is 12.6. The molecule has 0 radical (unpaired) electrons. The number of nitrogens with one attached hydrogen (secondary N) is 1. The minimum Gasteiger partial charge on any atom is -0.379 e. The van der Waals surface area contributed by atoms with Gasteiger partial charge in [0, 0.05) is 37.9 Å². The van der Waals surface area contributed by atoms with E-state index in [1.165, 1.54) is 39.0 Å². The molecule has 1 aliphatic rings. The maximum Gasteiger partial charge on any atom is 0.248 e. The van der Waals surface area contributed by atoms with Crippen molar-refractivity contribution in [1.29, 1.82) is 0 Å². The van der Waals surface area contributed by atoms with Crippen LogP contribution in [0.2, 0.25) is 0 Å². The molecule has 0 spiro atoms. The summed E-state index contributed by atoms with van der Waals surface area (Å²) in [6.45, 7) is 5.63. The number of rotatable bonds is 9. The van der Waals surface area contributed by atoms with E-state index in [1.54, 1.807) is 44.2 Å². The zero-order valence-electron chi connectivity index (χ0n) is 19.2. The average molecular weight is 508 g/mol. The van der Waals surface area contributed by atoms with Crippen LogP contribution in [0.3, 0.4) is 0 Å². The Hall–Kier alpha value is -2.57. The summed E-state index contributed by atoms with van der Waals surface area (Å²) >= 11 is 0. The molecule has 1 fully saturated rings. The van der Waals surface area contributed by atoms with E-state index in [1.807, 2.05) is 0 Å². The molecule has 0 unspecified atom stereocenters. The molecule has 1 heterocycles. The molecule has 9 nitrogen and oxygen atoms in total. The molecule has 0 aliphatic carbocycles. The van der Waals surface area contributed by atoms with Gasteiger partial charge in [0.05, 0.1) is 23.0 Å². The fraction of sp³-hybridized carbons (Fsp3) is 0.348. The standard InChI is InChI=1S/C23H29N3O6S2/c1-3-25(4-2)34(30,31)22-7-5-6-20(18-22)24-23(27)13-10-19-8-11-21(12-9-19)33(28,29)26-14-16-32-17-15-26/h5-13,18H,3-4,14-17H2,1-2H3,(H,24,27). The predicted molar refractivity (Wildman–Crippen MR) is 130 cm³/mol. The zero-order valence-corrected chi connectivity index (χ0v) is 20.8. The van der Waals surface area contributed by atoms with E-state index in [9.17, 15) is 21.6 Å². The molecule has 34 heavy (non-hydrogen) atoms. The average Bonchev–Trinajstić information content (AvgIpc) is 2.84. The highest BCUT2D eigenvalue weighted by Crippen LogP contribution is 2.20. The van der Waals surface area contributed by atoms with Crippen LogP contribution in [0.4, 0.5) is 5.69 Å². The summed E-state index contributed by atoms with van der Waals surface area (Å²) in [6, 6.07) is 12.3. The van der Waals surface area contributed by atoms with Crippen LogP contribution in [-0.4, -0.2) is 70.7 Å². The van der Waals surface area contributed by atoms with Crippen molar-refractivity contribution in [3.63, 3.8) is 0 Å². The third-order valence-electron chi connectivity index (χ3n) is 5.36. The summed E-state index contributed by atoms with van der Waals surface area (Å²) in [5.41, 5.74) is 1.00. The molecule has 2 aromatic rings. The topological polar surface area (TPSA) is 113 Å². The molecule has 0 atom stereocenters. The Morgan fingerprint density at radius 3 is 2.26 bits per heavy atom. The number of hydrogen-bond acceptors (Lipinski definition) is 6. The number of morpholine rings is 1. The van der Waals surface area contributed by atoms with Gasteiger partial charge in [-0.25, -0.2) is 16.8 Å². The molecular weight excluding hydrogens is 478 g/mol. The molecular formula is C23H29N3O6S2. The molecule has 1 aliphatic heterocycles. The summed E-state index contributed by atoms with van der Waals surface area (Å²) in [6.07, 6.45) is 2.86. The van der Waals surface area contributed by atoms with Gasteiger partial charge in [0.2, 0.25) is 26.0 Å². The van der Waals surface area contributed by atoms with Gasteiger partial charge in [0.25, 0.3) is 0 Å². The van der Waals surface area contributed by atoms with Crippen molar-refractivity contribution >= 4 is 37.7 Å². The number of anilines is 1. The number of hydrogen-bond donors (Lipinski definition) is 1. The molecule has 11 heteroatoms. The molecule has 0 aromatic heterocycles. The maximum atomic E-state index is 12.7. The third-order valence-corrected chi connectivity index (χ3v) is 9.32. The lowest BCUT2D eigenvalue weighted by Crippen LogP contribution is -2.40. The predicted octanol–water partition coefficient (Wildman–Crippen LogP) is 2.39. The quantitative estimate of drug-likeness (QED) is 0.522. The van der Waals surface area contributed by atoms with Gasteiger partial charge >= 0.3 is 0 Å². The fourth-order valence-electron chi connectivity index (χ4n) is 3.49. The van der Waals surface area contributed by atoms with E-state index in [0.717, 1.165) is 0 Å². The summed E-state index contributed by atoms with van der Waals surface area (Å²) < 4.78 is 58.7. The van der Waals surface area contributed by atoms with E-state index in [-0.39, 0.29) is 9.79 Å². The molecule has 184 valence electrons. The fourth-order valence-corrected chi connectivity index (χ4v) is 6.40. The van der Waals surface area contributed by atoms with Crippen LogP contribution >= 0.6 is 0 Å². The number of nitrogens with zero attached hydrogens (tertiary/aromatic N) is 2. The van der Waals surface area contributed by atoms with Crippen LogP contribution < -0.4 is 5.32 Å². The molecule has 0 saturated carbocycles. The second-order valence-electron chi connectivity index (χ2n) is 7.53. The summed E-state index contributed by atoms with van der Waals surface area (Å²) in [5, 5.41) is 2.66. The van der Waals surface area contributed by atoms with Crippen molar-refractivity contribution in [2.45, 2.75) is 23.6 Å². The second kappa shape index (κ2) is 11.2. The third kappa shape index (κ3) is 6.10. The lowest BCUT2D eigenvalue weighted by Gasteiger charge is -2.26. The van der Waals surface area contributed by atoms with Crippen LogP contribution in [0, 0.1) is 0 Å². The first kappa shape index (κ1) is 26.0. The Morgan fingerprint density at radius 2 is 1.65 bits per heavy atom. The Balaban J connectivity index is 1.66. The Bertz CT molecular complexity index is 1230. The highest BCUT2D eigenvalue weighted by molar-refractivity contribution is 7.89. The largest absolute Gasteiger partial charge is 0.379 e. The van der Waals surface area contributed by atoms with Crippen LogP contribution in [0.1, 0.15) is 19.4 Å². The Labute approximate surface area is 201 Å². The highest BCUT2D eigenvalue weighted by atomic mass is 32.2. The number of sulfonamides is 2. The monoisotopic (exact) mass is 507 g/mol. The van der Waals surface area contributed by atoms with Gasteiger partial charge in [-0.3, -0.25) is 4.79 Å². The van der Waals surface area contributed by atoms with E-state index in [4.69, 9.17) is 4.74 Å². The van der Waals surface area contributed by atoms with Gasteiger partial charge in [-0.2, -0.15) is 8.61 Å². The molecule has 3 rings (SSSR count). The second-order valence-corrected chi connectivity index (χ2v) is 11.4. The molecule has 1 amide bonds. The van der Waals surface area contributed by atoms with Crippen LogP contribution in [-0.2, 0) is 29.6 Å². The van der Waals surface area contributed by atoms with E-state index >= 15 is 0 Å². The summed E-state index contributed by atoms with van der Waals surface area (Å²) in [7, 11) is -7.21. The van der Waals surface area contributed by atoms with Crippen molar-refractivity contribution in [2.75, 3.05) is 44.7 Å². The van der Waals surface area contributed by atoms with Gasteiger partial charge in [-0.15, -0.1) is 0 Å². The van der Waals surface area contributed by atoms with Crippen molar-refractivity contribution < 1.29 is 26.4 Å². The first-order valence-corrected chi connectivity index (χ1v) is 13.8. The van der Waals surface area contributed by atoms with Gasteiger partial charge < -0.3 is 10.1 Å². The van der Waals surface area contributed by atoms with Gasteiger partial charge in [0.15, 0.2) is 0 Å². The highest BCUT2D eigenvalue weighted by Gasteiger charge is 2.26. The Kier molecular flexibility index (Phi) is 8.61. The van der Waals surface area contributed by atoms with Crippen molar-refractivity contribution in [2.24, 2.45) is 0 Å². The molecule has 2 aromatic carbocycles. The minimum absolute atomic E-state index is 0.107. The van der Waals surface area contributed by atoms with Gasteiger partial charge in [0.1, 0.15) is 0 Å². The molecule has 1 saturated heterocycles. The number of amides is 1. The number of benzene rings is 2. The number of carbonyl (C=O) groups is 1. The van der Waals surface area contributed by atoms with Crippen LogP contribution in [0.5, 0.6) is 0 Å². The normalized spacial score (nSPS) is 15.6. The minimum atomic E-state index is -3.63.